The standard InChI is InChI=1S/C13H21N3O2/c1-10(13(17)18-3)16(11-5-4-6-11)9-12-7-8-14-15(12)2/h7-8,10-11H,4-6,9H2,1-3H3/t10-/m0/s1. The second kappa shape index (κ2) is 5.52. The van der Waals surface area contributed by atoms with Gasteiger partial charge in [0.25, 0.3) is 0 Å². The summed E-state index contributed by atoms with van der Waals surface area (Å²) in [6, 6.07) is 2.29. The molecule has 100 valence electrons. The van der Waals surface area contributed by atoms with Crippen molar-refractivity contribution in [1.82, 2.24) is 14.7 Å². The molecule has 1 saturated carbocycles. The third kappa shape index (κ3) is 2.56. The number of aryl methyl sites for hydroxylation is 1. The number of methoxy groups -OCH3 is 1. The highest BCUT2D eigenvalue weighted by atomic mass is 16.5. The molecule has 2 rings (SSSR count). The topological polar surface area (TPSA) is 47.4 Å². The van der Waals surface area contributed by atoms with Crippen molar-refractivity contribution >= 4 is 5.97 Å². The number of carbonyl (C=O) groups excluding carboxylic acids is 1. The summed E-state index contributed by atoms with van der Waals surface area (Å²) in [6.45, 7) is 2.66. The minimum absolute atomic E-state index is 0.163. The number of nitrogens with zero attached hydrogens (tertiary/aromatic N) is 3. The van der Waals surface area contributed by atoms with Crippen molar-refractivity contribution in [3.05, 3.63) is 18.0 Å². The van der Waals surface area contributed by atoms with Crippen molar-refractivity contribution in [3.8, 4) is 0 Å². The second-order valence-corrected chi connectivity index (χ2v) is 4.90. The number of hydrogen-bond acceptors (Lipinski definition) is 4. The van der Waals surface area contributed by atoms with E-state index in [0.29, 0.717) is 6.04 Å². The van der Waals surface area contributed by atoms with Crippen LogP contribution in [0.5, 0.6) is 0 Å². The van der Waals surface area contributed by atoms with Crippen LogP contribution in [0.15, 0.2) is 12.3 Å². The number of esters is 1. The highest BCUT2D eigenvalue weighted by Gasteiger charge is 2.32. The molecule has 5 nitrogen and oxygen atoms in total. The number of rotatable bonds is 5. The van der Waals surface area contributed by atoms with Gasteiger partial charge in [0.2, 0.25) is 0 Å². The third-order valence-corrected chi connectivity index (χ3v) is 3.85. The van der Waals surface area contributed by atoms with Gasteiger partial charge in [-0.1, -0.05) is 6.42 Å². The highest BCUT2D eigenvalue weighted by Crippen LogP contribution is 2.28. The van der Waals surface area contributed by atoms with Crippen molar-refractivity contribution in [2.75, 3.05) is 7.11 Å². The first-order chi connectivity index (χ1) is 8.63. The fraction of sp³-hybridized carbons (Fsp3) is 0.692. The van der Waals surface area contributed by atoms with Gasteiger partial charge >= 0.3 is 5.97 Å². The fourth-order valence-electron chi connectivity index (χ4n) is 2.35. The number of carbonyl (C=O) groups is 1. The molecule has 1 fully saturated rings. The van der Waals surface area contributed by atoms with Crippen LogP contribution in [0.2, 0.25) is 0 Å². The lowest BCUT2D eigenvalue weighted by molar-refractivity contribution is -0.148. The van der Waals surface area contributed by atoms with Crippen molar-refractivity contribution in [2.45, 2.75) is 44.8 Å². The SMILES string of the molecule is COC(=O)[C@H](C)N(Cc1ccnn1C)C1CCC1. The molecule has 5 heteroatoms. The Morgan fingerprint density at radius 3 is 2.83 bits per heavy atom. The molecule has 1 aliphatic rings. The summed E-state index contributed by atoms with van der Waals surface area (Å²) in [6.07, 6.45) is 5.37. The van der Waals surface area contributed by atoms with Crippen molar-refractivity contribution in [1.29, 1.82) is 0 Å². The lowest BCUT2D eigenvalue weighted by Gasteiger charge is -2.40. The van der Waals surface area contributed by atoms with Gasteiger partial charge in [0.05, 0.1) is 12.8 Å². The zero-order valence-corrected chi connectivity index (χ0v) is 11.3. The molecule has 18 heavy (non-hydrogen) atoms. The minimum atomic E-state index is -0.199. The van der Waals surface area contributed by atoms with Crippen LogP contribution in [0.4, 0.5) is 0 Å². The monoisotopic (exact) mass is 251 g/mol. The van der Waals surface area contributed by atoms with E-state index < -0.39 is 0 Å². The summed E-state index contributed by atoms with van der Waals surface area (Å²) in [7, 11) is 3.37. The van der Waals surface area contributed by atoms with Gasteiger partial charge in [0.15, 0.2) is 0 Å². The molecule has 0 bridgehead atoms. The number of aromatic nitrogens is 2. The van der Waals surface area contributed by atoms with Crippen LogP contribution in [-0.4, -0.2) is 39.8 Å². The maximum Gasteiger partial charge on any atom is 0.322 e. The first-order valence-electron chi connectivity index (χ1n) is 6.44. The summed E-state index contributed by atoms with van der Waals surface area (Å²) in [4.78, 5) is 14.0. The van der Waals surface area contributed by atoms with Gasteiger partial charge in [0.1, 0.15) is 6.04 Å². The van der Waals surface area contributed by atoms with E-state index in [1.807, 2.05) is 24.7 Å². The molecule has 1 aromatic rings. The maximum atomic E-state index is 11.7. The van der Waals surface area contributed by atoms with Crippen LogP contribution in [0, 0.1) is 0 Å². The highest BCUT2D eigenvalue weighted by molar-refractivity contribution is 5.75. The molecule has 0 amide bonds. The largest absolute Gasteiger partial charge is 0.468 e. The maximum absolute atomic E-state index is 11.7. The molecule has 0 spiro atoms. The quantitative estimate of drug-likeness (QED) is 0.741. The van der Waals surface area contributed by atoms with Crippen molar-refractivity contribution in [3.63, 3.8) is 0 Å². The van der Waals surface area contributed by atoms with E-state index in [9.17, 15) is 4.79 Å². The van der Waals surface area contributed by atoms with E-state index >= 15 is 0 Å². The van der Waals surface area contributed by atoms with Gasteiger partial charge in [-0.3, -0.25) is 14.4 Å². The molecule has 0 N–H and O–H groups in total. The molecule has 1 aromatic heterocycles. The van der Waals surface area contributed by atoms with Gasteiger partial charge in [-0.05, 0) is 25.8 Å². The van der Waals surface area contributed by atoms with Crippen LogP contribution < -0.4 is 0 Å². The van der Waals surface area contributed by atoms with E-state index in [0.717, 1.165) is 12.2 Å². The Labute approximate surface area is 108 Å². The molecule has 1 aliphatic carbocycles. The van der Waals surface area contributed by atoms with Crippen LogP contribution >= 0.6 is 0 Å². The van der Waals surface area contributed by atoms with E-state index in [4.69, 9.17) is 4.74 Å². The summed E-state index contributed by atoms with van der Waals surface area (Å²) in [5, 5.41) is 4.17. The molecule has 1 heterocycles. The van der Waals surface area contributed by atoms with E-state index in [1.54, 1.807) is 6.20 Å². The zero-order valence-electron chi connectivity index (χ0n) is 11.3. The smallest absolute Gasteiger partial charge is 0.322 e. The molecule has 0 aliphatic heterocycles. The molecule has 0 aromatic carbocycles. The Bertz CT molecular complexity index is 412. The van der Waals surface area contributed by atoms with Gasteiger partial charge < -0.3 is 4.74 Å². The molecule has 0 saturated heterocycles. The Morgan fingerprint density at radius 1 is 1.67 bits per heavy atom. The molecule has 0 unspecified atom stereocenters. The van der Waals surface area contributed by atoms with Gasteiger partial charge in [0, 0.05) is 25.8 Å². The third-order valence-electron chi connectivity index (χ3n) is 3.85. The van der Waals surface area contributed by atoms with Crippen LogP contribution in [-0.2, 0) is 23.1 Å². The van der Waals surface area contributed by atoms with Crippen molar-refractivity contribution < 1.29 is 9.53 Å². The first-order valence-corrected chi connectivity index (χ1v) is 6.44. The summed E-state index contributed by atoms with van der Waals surface area (Å²) in [5.74, 6) is -0.163. The summed E-state index contributed by atoms with van der Waals surface area (Å²) < 4.78 is 6.71. The zero-order chi connectivity index (χ0) is 13.1. The number of ether oxygens (including phenoxy) is 1. The normalized spacial score (nSPS) is 17.6. The Balaban J connectivity index is 2.10. The van der Waals surface area contributed by atoms with E-state index in [-0.39, 0.29) is 12.0 Å². The fourth-order valence-corrected chi connectivity index (χ4v) is 2.35. The van der Waals surface area contributed by atoms with Crippen LogP contribution in [0.25, 0.3) is 0 Å². The minimum Gasteiger partial charge on any atom is -0.468 e. The van der Waals surface area contributed by atoms with Crippen molar-refractivity contribution in [2.24, 2.45) is 7.05 Å². The van der Waals surface area contributed by atoms with E-state index in [2.05, 4.69) is 10.00 Å². The average molecular weight is 251 g/mol. The number of hydrogen-bond donors (Lipinski definition) is 0. The molecular weight excluding hydrogens is 230 g/mol. The van der Waals surface area contributed by atoms with Crippen LogP contribution in [0.1, 0.15) is 31.9 Å². The Kier molecular flexibility index (Phi) is 4.01. The Hall–Kier alpha value is -1.36. The first kappa shape index (κ1) is 13.1. The lowest BCUT2D eigenvalue weighted by Crippen LogP contribution is -2.48. The summed E-state index contributed by atoms with van der Waals surface area (Å²) in [5.41, 5.74) is 1.12. The predicted octanol–water partition coefficient (Wildman–Crippen LogP) is 1.34. The van der Waals surface area contributed by atoms with Gasteiger partial charge in [-0.15, -0.1) is 0 Å². The molecule has 1 atom stereocenters. The lowest BCUT2D eigenvalue weighted by atomic mass is 9.90. The van der Waals surface area contributed by atoms with Gasteiger partial charge in [-0.2, -0.15) is 5.10 Å². The predicted molar refractivity (Wildman–Crippen MR) is 67.9 cm³/mol. The van der Waals surface area contributed by atoms with E-state index in [1.165, 1.54) is 26.4 Å². The molecule has 0 radical (unpaired) electrons. The second-order valence-electron chi connectivity index (χ2n) is 4.90. The molecular formula is C13H21N3O2. The van der Waals surface area contributed by atoms with Crippen LogP contribution in [0.3, 0.4) is 0 Å². The average Bonchev–Trinajstić information content (AvgIpc) is 2.70. The van der Waals surface area contributed by atoms with Gasteiger partial charge in [-0.25, -0.2) is 0 Å². The Morgan fingerprint density at radius 2 is 2.39 bits per heavy atom. The summed E-state index contributed by atoms with van der Waals surface area (Å²) >= 11 is 0.